The van der Waals surface area contributed by atoms with Gasteiger partial charge in [-0.2, -0.15) is 0 Å². The van der Waals surface area contributed by atoms with Crippen molar-refractivity contribution in [3.8, 4) is 22.6 Å². The zero-order valence-electron chi connectivity index (χ0n) is 17.5. The minimum Gasteiger partial charge on any atom is -0.494 e. The van der Waals surface area contributed by atoms with E-state index < -0.39 is 5.82 Å². The van der Waals surface area contributed by atoms with Crippen molar-refractivity contribution in [2.24, 2.45) is 5.92 Å². The molecule has 2 aromatic carbocycles. The second-order valence-electron chi connectivity index (χ2n) is 8.34. The molecule has 1 amide bonds. The van der Waals surface area contributed by atoms with Crippen LogP contribution in [0.3, 0.4) is 0 Å². The molecule has 0 spiro atoms. The lowest BCUT2D eigenvalue weighted by Gasteiger charge is -2.32. The van der Waals surface area contributed by atoms with Gasteiger partial charge >= 0.3 is 0 Å². The molecule has 6 heteroatoms. The molecule has 1 aliphatic carbocycles. The number of piperidine rings is 1. The molecule has 5 rings (SSSR count). The second kappa shape index (κ2) is 8.17. The summed E-state index contributed by atoms with van der Waals surface area (Å²) in [6.45, 7) is 1.56. The van der Waals surface area contributed by atoms with E-state index in [4.69, 9.17) is 9.47 Å². The number of amides is 1. The van der Waals surface area contributed by atoms with Crippen LogP contribution in [-0.4, -0.2) is 42.1 Å². The maximum Gasteiger partial charge on any atom is 0.225 e. The molecule has 0 N–H and O–H groups in total. The average molecular weight is 420 g/mol. The fraction of sp³-hybridized carbons (Fsp3) is 0.360. The summed E-state index contributed by atoms with van der Waals surface area (Å²) >= 11 is 0. The largest absolute Gasteiger partial charge is 0.494 e. The number of hydrogen-bond acceptors (Lipinski definition) is 4. The van der Waals surface area contributed by atoms with E-state index in [9.17, 15) is 9.18 Å². The summed E-state index contributed by atoms with van der Waals surface area (Å²) in [4.78, 5) is 18.6. The molecular formula is C25H25FN2O3. The van der Waals surface area contributed by atoms with Crippen LogP contribution < -0.4 is 9.47 Å². The maximum atomic E-state index is 14.0. The topological polar surface area (TPSA) is 51.7 Å². The van der Waals surface area contributed by atoms with E-state index >= 15 is 0 Å². The summed E-state index contributed by atoms with van der Waals surface area (Å²) in [5.41, 5.74) is 2.59. The first-order chi connectivity index (χ1) is 15.1. The van der Waals surface area contributed by atoms with Gasteiger partial charge in [0, 0.05) is 55.1 Å². The van der Waals surface area contributed by atoms with Crippen LogP contribution >= 0.6 is 0 Å². The van der Waals surface area contributed by atoms with Gasteiger partial charge in [0.2, 0.25) is 5.91 Å². The Hall–Kier alpha value is -3.15. The molecule has 160 valence electrons. The minimum absolute atomic E-state index is 0.134. The predicted molar refractivity (Wildman–Crippen MR) is 117 cm³/mol. The number of likely N-dealkylation sites (tertiary alicyclic amines) is 1. The Kier molecular flexibility index (Phi) is 5.22. The molecule has 1 aliphatic heterocycles. The Bertz CT molecular complexity index is 1100. The van der Waals surface area contributed by atoms with Crippen molar-refractivity contribution in [2.45, 2.75) is 31.8 Å². The van der Waals surface area contributed by atoms with Crippen LogP contribution in [-0.2, 0) is 4.79 Å². The smallest absolute Gasteiger partial charge is 0.225 e. The van der Waals surface area contributed by atoms with E-state index in [1.165, 1.54) is 13.2 Å². The quantitative estimate of drug-likeness (QED) is 0.593. The highest BCUT2D eigenvalue weighted by molar-refractivity contribution is 5.85. The number of rotatable bonds is 5. The number of carbonyl (C=O) groups excluding carboxylic acids is 1. The Labute approximate surface area is 180 Å². The zero-order valence-corrected chi connectivity index (χ0v) is 17.5. The second-order valence-corrected chi connectivity index (χ2v) is 8.34. The van der Waals surface area contributed by atoms with Crippen LogP contribution in [0.1, 0.15) is 25.7 Å². The summed E-state index contributed by atoms with van der Waals surface area (Å²) in [5, 5.41) is 0.726. The number of pyridine rings is 1. The van der Waals surface area contributed by atoms with Crippen molar-refractivity contribution < 1.29 is 18.7 Å². The number of hydrogen-bond donors (Lipinski definition) is 0. The minimum atomic E-state index is -0.400. The molecule has 0 unspecified atom stereocenters. The molecule has 0 bridgehead atoms. The van der Waals surface area contributed by atoms with Crippen molar-refractivity contribution in [3.05, 3.63) is 54.5 Å². The summed E-state index contributed by atoms with van der Waals surface area (Å²) in [6, 6.07) is 12.9. The van der Waals surface area contributed by atoms with Gasteiger partial charge < -0.3 is 14.4 Å². The SMILES string of the molecule is COc1cc2ncc(-c3ccc(OC4CCN(C(=O)C5CC5)CC4)cc3)cc2cc1F. The highest BCUT2D eigenvalue weighted by Crippen LogP contribution is 2.33. The Balaban J connectivity index is 1.24. The standard InChI is InChI=1S/C25H25FN2O3/c1-30-24-14-23-18(13-22(24)26)12-19(15-27-23)16-4-6-20(7-5-16)31-21-8-10-28(11-9-21)25(29)17-2-3-17/h4-7,12-15,17,21H,2-3,8-11H2,1H3. The van der Waals surface area contributed by atoms with Crippen LogP contribution in [0.2, 0.25) is 0 Å². The molecule has 2 aliphatic rings. The average Bonchev–Trinajstić information content (AvgIpc) is 3.64. The van der Waals surface area contributed by atoms with E-state index in [2.05, 4.69) is 4.98 Å². The molecule has 0 atom stereocenters. The first-order valence-corrected chi connectivity index (χ1v) is 10.8. The molecule has 3 aromatic rings. The molecule has 5 nitrogen and oxygen atoms in total. The summed E-state index contributed by atoms with van der Waals surface area (Å²) < 4.78 is 25.2. The van der Waals surface area contributed by atoms with E-state index in [0.717, 1.165) is 61.0 Å². The number of ether oxygens (including phenoxy) is 2. The predicted octanol–water partition coefficient (Wildman–Crippen LogP) is 4.83. The van der Waals surface area contributed by atoms with E-state index in [0.29, 0.717) is 11.4 Å². The number of carbonyl (C=O) groups is 1. The highest BCUT2D eigenvalue weighted by Gasteiger charge is 2.35. The van der Waals surface area contributed by atoms with Gasteiger partial charge in [-0.15, -0.1) is 0 Å². The third-order valence-electron chi connectivity index (χ3n) is 6.13. The van der Waals surface area contributed by atoms with E-state index in [1.807, 2.05) is 35.2 Å². The van der Waals surface area contributed by atoms with E-state index in [-0.39, 0.29) is 17.8 Å². The van der Waals surface area contributed by atoms with Crippen LogP contribution in [0.25, 0.3) is 22.0 Å². The Morgan fingerprint density at radius 3 is 2.45 bits per heavy atom. The van der Waals surface area contributed by atoms with Gasteiger partial charge in [-0.25, -0.2) is 4.39 Å². The molecule has 0 radical (unpaired) electrons. The van der Waals surface area contributed by atoms with Crippen molar-refractivity contribution in [1.29, 1.82) is 0 Å². The maximum absolute atomic E-state index is 14.0. The number of halogens is 1. The Morgan fingerprint density at radius 2 is 1.77 bits per heavy atom. The lowest BCUT2D eigenvalue weighted by molar-refractivity contribution is -0.134. The number of fused-ring (bicyclic) bond motifs is 1. The monoisotopic (exact) mass is 420 g/mol. The molecule has 1 saturated heterocycles. The zero-order chi connectivity index (χ0) is 21.4. The number of nitrogens with zero attached hydrogens (tertiary/aromatic N) is 2. The van der Waals surface area contributed by atoms with Crippen LogP contribution in [0, 0.1) is 11.7 Å². The van der Waals surface area contributed by atoms with E-state index in [1.54, 1.807) is 12.3 Å². The molecule has 2 heterocycles. The number of methoxy groups -OCH3 is 1. The molecule has 1 saturated carbocycles. The fourth-order valence-electron chi connectivity index (χ4n) is 4.14. The lowest BCUT2D eigenvalue weighted by atomic mass is 10.0. The van der Waals surface area contributed by atoms with Crippen LogP contribution in [0.15, 0.2) is 48.7 Å². The van der Waals surface area contributed by atoms with Crippen LogP contribution in [0.4, 0.5) is 4.39 Å². The normalized spacial score (nSPS) is 17.0. The first kappa shape index (κ1) is 19.8. The molecule has 2 fully saturated rings. The summed E-state index contributed by atoms with van der Waals surface area (Å²) in [6.07, 6.45) is 5.75. The number of aromatic nitrogens is 1. The fourth-order valence-corrected chi connectivity index (χ4v) is 4.14. The van der Waals surface area contributed by atoms with Crippen molar-refractivity contribution in [2.75, 3.05) is 20.2 Å². The number of benzene rings is 2. The summed E-state index contributed by atoms with van der Waals surface area (Å²) in [7, 11) is 1.44. The Morgan fingerprint density at radius 1 is 1.03 bits per heavy atom. The van der Waals surface area contributed by atoms with Gasteiger partial charge in [0.25, 0.3) is 0 Å². The molecular weight excluding hydrogens is 395 g/mol. The first-order valence-electron chi connectivity index (χ1n) is 10.8. The highest BCUT2D eigenvalue weighted by atomic mass is 19.1. The van der Waals surface area contributed by atoms with Crippen LogP contribution in [0.5, 0.6) is 11.5 Å². The van der Waals surface area contributed by atoms with Crippen molar-refractivity contribution >= 4 is 16.8 Å². The van der Waals surface area contributed by atoms with Gasteiger partial charge in [0.15, 0.2) is 11.6 Å². The third-order valence-corrected chi connectivity index (χ3v) is 6.13. The molecule has 31 heavy (non-hydrogen) atoms. The van der Waals surface area contributed by atoms with Gasteiger partial charge in [-0.05, 0) is 42.7 Å². The lowest BCUT2D eigenvalue weighted by Crippen LogP contribution is -2.42. The van der Waals surface area contributed by atoms with Gasteiger partial charge in [0.1, 0.15) is 11.9 Å². The van der Waals surface area contributed by atoms with Crippen molar-refractivity contribution in [3.63, 3.8) is 0 Å². The summed E-state index contributed by atoms with van der Waals surface area (Å²) in [5.74, 6) is 1.22. The van der Waals surface area contributed by atoms with Crippen molar-refractivity contribution in [1.82, 2.24) is 9.88 Å². The van der Waals surface area contributed by atoms with Gasteiger partial charge in [-0.3, -0.25) is 9.78 Å². The van der Waals surface area contributed by atoms with Gasteiger partial charge in [0.05, 0.1) is 12.6 Å². The third kappa shape index (κ3) is 4.20. The molecule has 1 aromatic heterocycles. The van der Waals surface area contributed by atoms with Gasteiger partial charge in [-0.1, -0.05) is 12.1 Å².